The van der Waals surface area contributed by atoms with Crippen molar-refractivity contribution in [1.29, 1.82) is 0 Å². The summed E-state index contributed by atoms with van der Waals surface area (Å²) in [4.78, 5) is 50.2. The lowest BCUT2D eigenvalue weighted by molar-refractivity contribution is -0.0526. The quantitative estimate of drug-likeness (QED) is 0.193. The van der Waals surface area contributed by atoms with E-state index in [4.69, 9.17) is 20.1 Å². The van der Waals surface area contributed by atoms with E-state index in [0.717, 1.165) is 6.33 Å². The van der Waals surface area contributed by atoms with E-state index in [0.29, 0.717) is 7.11 Å². The Kier molecular flexibility index (Phi) is 7.82. The molecule has 19 nitrogen and oxygen atoms in total. The molecular weight excluding hydrogens is 531 g/mol. The lowest BCUT2D eigenvalue weighted by Gasteiger charge is -2.21. The molecule has 192 valence electrons. The van der Waals surface area contributed by atoms with Gasteiger partial charge in [-0.2, -0.15) is 13.6 Å². The molecule has 0 saturated carbocycles. The first kappa shape index (κ1) is 27.0. The number of hydrogen-bond donors (Lipinski definition) is 6. The summed E-state index contributed by atoms with van der Waals surface area (Å²) in [5, 5.41) is 10.6. The smallest absolute Gasteiger partial charge is 0.386 e. The molecule has 3 heterocycles. The minimum absolute atomic E-state index is 0.0390. The van der Waals surface area contributed by atoms with Crippen molar-refractivity contribution in [3.8, 4) is 0 Å². The molecule has 7 N–H and O–H groups in total. The van der Waals surface area contributed by atoms with Crippen LogP contribution in [0.2, 0.25) is 0 Å². The van der Waals surface area contributed by atoms with Crippen molar-refractivity contribution in [1.82, 2.24) is 19.5 Å². The van der Waals surface area contributed by atoms with Crippen LogP contribution in [0.3, 0.4) is 0 Å². The van der Waals surface area contributed by atoms with E-state index >= 15 is 0 Å². The summed E-state index contributed by atoms with van der Waals surface area (Å²) in [6.07, 6.45) is -4.02. The van der Waals surface area contributed by atoms with Gasteiger partial charge >= 0.3 is 23.5 Å². The number of ether oxygens (including phenoxy) is 2. The summed E-state index contributed by atoms with van der Waals surface area (Å²) in [5.41, 5.74) is 4.74. The first-order chi connectivity index (χ1) is 15.7. The highest BCUT2D eigenvalue weighted by atomic mass is 31.3. The molecule has 0 aromatic carbocycles. The van der Waals surface area contributed by atoms with Gasteiger partial charge in [-0.1, -0.05) is 0 Å². The fourth-order valence-electron chi connectivity index (χ4n) is 3.00. The molecule has 0 amide bonds. The number of aliphatic hydroxyl groups excluding tert-OH is 1. The second kappa shape index (κ2) is 9.83. The van der Waals surface area contributed by atoms with Gasteiger partial charge in [0.2, 0.25) is 5.95 Å². The zero-order valence-corrected chi connectivity index (χ0v) is 19.9. The Labute approximate surface area is 189 Å². The van der Waals surface area contributed by atoms with Crippen LogP contribution in [0.1, 0.15) is 6.23 Å². The van der Waals surface area contributed by atoms with Gasteiger partial charge < -0.3 is 35.0 Å². The van der Waals surface area contributed by atoms with Gasteiger partial charge in [-0.05, 0) is 0 Å². The second-order valence-corrected chi connectivity index (χ2v) is 11.3. The number of rotatable bonds is 10. The van der Waals surface area contributed by atoms with Crippen molar-refractivity contribution in [2.45, 2.75) is 24.5 Å². The maximum Gasteiger partial charge on any atom is 0.490 e. The summed E-state index contributed by atoms with van der Waals surface area (Å²) in [6, 6.07) is 0. The maximum absolute atomic E-state index is 12.0. The number of nitrogen functional groups attached to an aromatic ring is 1. The Morgan fingerprint density at radius 2 is 1.82 bits per heavy atom. The number of nitrogens with one attached hydrogen (secondary N) is 1. The van der Waals surface area contributed by atoms with Gasteiger partial charge in [0, 0.05) is 14.2 Å². The van der Waals surface area contributed by atoms with Crippen molar-refractivity contribution < 1.29 is 60.6 Å². The predicted molar refractivity (Wildman–Crippen MR) is 108 cm³/mol. The topological polar surface area (TPSA) is 277 Å². The molecule has 2 aromatic rings. The minimum Gasteiger partial charge on any atom is -0.386 e. The third-order valence-electron chi connectivity index (χ3n) is 4.35. The Morgan fingerprint density at radius 1 is 1.18 bits per heavy atom. The van der Waals surface area contributed by atoms with E-state index in [1.54, 1.807) is 0 Å². The van der Waals surface area contributed by atoms with Gasteiger partial charge in [-0.25, -0.2) is 18.7 Å². The third kappa shape index (κ3) is 5.98. The highest BCUT2D eigenvalue weighted by Crippen LogP contribution is 2.67. The van der Waals surface area contributed by atoms with E-state index < -0.39 is 60.2 Å². The molecule has 1 aliphatic heterocycles. The van der Waals surface area contributed by atoms with E-state index in [1.807, 2.05) is 0 Å². The maximum atomic E-state index is 12.0. The van der Waals surface area contributed by atoms with Crippen LogP contribution in [-0.4, -0.2) is 78.4 Å². The zero-order chi connectivity index (χ0) is 25.5. The number of imidazole rings is 1. The number of nitrogens with two attached hydrogens (primary N) is 1. The molecular formula is C12H20N5O14P3. The van der Waals surface area contributed by atoms with Gasteiger partial charge in [0.1, 0.15) is 18.3 Å². The molecule has 7 atom stereocenters. The fourth-order valence-corrected chi connectivity index (χ4v) is 6.27. The number of aromatic nitrogens is 4. The Balaban J connectivity index is 1.75. The molecule has 3 rings (SSSR count). The van der Waals surface area contributed by atoms with Gasteiger partial charge in [0.25, 0.3) is 5.56 Å². The molecule has 34 heavy (non-hydrogen) atoms. The number of phosphoric ester groups is 2. The summed E-state index contributed by atoms with van der Waals surface area (Å²) < 4.78 is 63.1. The molecule has 7 unspecified atom stereocenters. The van der Waals surface area contributed by atoms with Crippen LogP contribution in [0.4, 0.5) is 5.95 Å². The van der Waals surface area contributed by atoms with Crippen molar-refractivity contribution in [2.24, 2.45) is 0 Å². The van der Waals surface area contributed by atoms with E-state index in [2.05, 4.69) is 32.6 Å². The number of methoxy groups -OCH3 is 1. The first-order valence-electron chi connectivity index (χ1n) is 8.88. The SMILES string of the molecule is COC1C(COP(=O)(O)OP(=O)(O)OP(=O)(O)OC)OC(n2cnc3c(=O)[nH]c(N)nc32)C1O. The Morgan fingerprint density at radius 3 is 2.44 bits per heavy atom. The number of hydrogen-bond acceptors (Lipinski definition) is 14. The van der Waals surface area contributed by atoms with Crippen LogP contribution in [0.15, 0.2) is 11.1 Å². The summed E-state index contributed by atoms with van der Waals surface area (Å²) >= 11 is 0. The Hall–Kier alpha value is -1.56. The average Bonchev–Trinajstić information content (AvgIpc) is 3.25. The number of H-pyrrole nitrogens is 1. The molecule has 2 aromatic heterocycles. The van der Waals surface area contributed by atoms with Gasteiger partial charge in [0.05, 0.1) is 12.9 Å². The lowest BCUT2D eigenvalue weighted by Crippen LogP contribution is -2.35. The van der Waals surface area contributed by atoms with Gasteiger partial charge in [-0.3, -0.25) is 23.4 Å². The number of aromatic amines is 1. The number of nitrogens with zero attached hydrogens (tertiary/aromatic N) is 3. The van der Waals surface area contributed by atoms with Crippen LogP contribution >= 0.6 is 23.5 Å². The van der Waals surface area contributed by atoms with Gasteiger partial charge in [0.15, 0.2) is 17.4 Å². The van der Waals surface area contributed by atoms with Crippen molar-refractivity contribution in [3.63, 3.8) is 0 Å². The highest BCUT2D eigenvalue weighted by Gasteiger charge is 2.48. The summed E-state index contributed by atoms with van der Waals surface area (Å²) in [6.45, 7) is -0.844. The zero-order valence-electron chi connectivity index (χ0n) is 17.2. The number of fused-ring (bicyclic) bond motifs is 1. The number of phosphoric acid groups is 3. The number of anilines is 1. The molecule has 1 fully saturated rings. The average molecular weight is 551 g/mol. The number of aliphatic hydroxyl groups is 1. The monoisotopic (exact) mass is 551 g/mol. The van der Waals surface area contributed by atoms with Crippen LogP contribution in [0.25, 0.3) is 11.2 Å². The molecule has 1 aliphatic rings. The molecule has 0 aliphatic carbocycles. The van der Waals surface area contributed by atoms with E-state index in [-0.39, 0.29) is 17.1 Å². The van der Waals surface area contributed by atoms with E-state index in [1.165, 1.54) is 11.7 Å². The fraction of sp³-hybridized carbons (Fsp3) is 0.583. The standard InChI is InChI=1S/C12H20N5O14P3/c1-26-8-5(3-28-33(22,23)31-34(24,25)30-32(20,21)27-2)29-11(7(8)18)17-4-14-6-9(17)15-12(13)16-10(6)19/h4-5,7-8,11,18H,3H2,1-2H3,(H,20,21)(H,22,23)(H,24,25)(H3,13,15,16,19). The normalized spacial score (nSPS) is 28.4. The van der Waals surface area contributed by atoms with Crippen LogP contribution in [0.5, 0.6) is 0 Å². The molecule has 0 bridgehead atoms. The third-order valence-corrected chi connectivity index (χ3v) is 8.59. The molecule has 0 radical (unpaired) electrons. The Bertz CT molecular complexity index is 1250. The van der Waals surface area contributed by atoms with Crippen molar-refractivity contribution in [3.05, 3.63) is 16.7 Å². The second-order valence-electron chi connectivity index (χ2n) is 6.58. The summed E-state index contributed by atoms with van der Waals surface area (Å²) in [5.74, 6) is -0.232. The largest absolute Gasteiger partial charge is 0.490 e. The molecule has 1 saturated heterocycles. The van der Waals surface area contributed by atoms with Crippen LogP contribution in [-0.2, 0) is 40.8 Å². The van der Waals surface area contributed by atoms with Gasteiger partial charge in [-0.15, -0.1) is 0 Å². The molecule has 22 heteroatoms. The predicted octanol–water partition coefficient (Wildman–Crippen LogP) is -1.03. The van der Waals surface area contributed by atoms with Crippen molar-refractivity contribution >= 4 is 40.6 Å². The highest BCUT2D eigenvalue weighted by molar-refractivity contribution is 7.66. The van der Waals surface area contributed by atoms with E-state index in [9.17, 15) is 33.4 Å². The molecule has 0 spiro atoms. The van der Waals surface area contributed by atoms with Crippen molar-refractivity contribution in [2.75, 3.05) is 26.6 Å². The summed E-state index contributed by atoms with van der Waals surface area (Å²) in [7, 11) is -14.2. The van der Waals surface area contributed by atoms with Crippen LogP contribution in [0, 0.1) is 0 Å². The lowest BCUT2D eigenvalue weighted by atomic mass is 10.1. The van der Waals surface area contributed by atoms with Crippen LogP contribution < -0.4 is 11.3 Å². The minimum atomic E-state index is -5.60. The first-order valence-corrected chi connectivity index (χ1v) is 13.4.